The minimum absolute atomic E-state index is 0.182. The molecule has 3 rings (SSSR count). The molecule has 0 bridgehead atoms. The standard InChI is InChI=1S/C16H12ClFN2O/c17-13-6-4-11(5-7-13)8-9-21-16-19-10-12-2-1-3-14(18)15(12)20-16/h1-7,10H,8-9H2. The molecule has 3 aromatic rings. The average Bonchev–Trinajstić information content (AvgIpc) is 2.50. The molecule has 0 aliphatic carbocycles. The second-order valence-corrected chi connectivity index (χ2v) is 4.99. The first-order chi connectivity index (χ1) is 10.2. The van der Waals surface area contributed by atoms with Gasteiger partial charge >= 0.3 is 6.01 Å². The largest absolute Gasteiger partial charge is 0.463 e. The van der Waals surface area contributed by atoms with Crippen LogP contribution in [0, 0.1) is 5.82 Å². The summed E-state index contributed by atoms with van der Waals surface area (Å²) in [5.74, 6) is -0.377. The number of aromatic nitrogens is 2. The molecular weight excluding hydrogens is 291 g/mol. The van der Waals surface area contributed by atoms with Crippen molar-refractivity contribution in [3.63, 3.8) is 0 Å². The van der Waals surface area contributed by atoms with E-state index in [0.29, 0.717) is 23.4 Å². The fraction of sp³-hybridized carbons (Fsp3) is 0.125. The zero-order chi connectivity index (χ0) is 14.7. The van der Waals surface area contributed by atoms with E-state index in [-0.39, 0.29) is 17.3 Å². The Morgan fingerprint density at radius 1 is 1.10 bits per heavy atom. The van der Waals surface area contributed by atoms with Crippen molar-refractivity contribution in [3.05, 3.63) is 65.1 Å². The molecule has 0 saturated carbocycles. The lowest BCUT2D eigenvalue weighted by Crippen LogP contribution is -2.04. The number of halogens is 2. The Kier molecular flexibility index (Phi) is 3.97. The lowest BCUT2D eigenvalue weighted by Gasteiger charge is -2.06. The molecule has 0 N–H and O–H groups in total. The lowest BCUT2D eigenvalue weighted by molar-refractivity contribution is 0.297. The highest BCUT2D eigenvalue weighted by molar-refractivity contribution is 6.30. The maximum Gasteiger partial charge on any atom is 0.317 e. The Hall–Kier alpha value is -2.20. The van der Waals surface area contributed by atoms with Crippen molar-refractivity contribution in [2.75, 3.05) is 6.61 Å². The van der Waals surface area contributed by atoms with Gasteiger partial charge in [0.25, 0.3) is 0 Å². The summed E-state index contributed by atoms with van der Waals surface area (Å²) in [5, 5.41) is 1.35. The van der Waals surface area contributed by atoms with Crippen LogP contribution in [0.2, 0.25) is 5.02 Å². The average molecular weight is 303 g/mol. The molecule has 21 heavy (non-hydrogen) atoms. The van der Waals surface area contributed by atoms with Crippen molar-refractivity contribution >= 4 is 22.5 Å². The van der Waals surface area contributed by atoms with Gasteiger partial charge in [0.1, 0.15) is 11.3 Å². The first-order valence-corrected chi connectivity index (χ1v) is 6.89. The molecule has 3 nitrogen and oxygen atoms in total. The van der Waals surface area contributed by atoms with E-state index in [1.54, 1.807) is 18.3 Å². The van der Waals surface area contributed by atoms with Gasteiger partial charge in [-0.3, -0.25) is 0 Å². The zero-order valence-electron chi connectivity index (χ0n) is 11.1. The van der Waals surface area contributed by atoms with Crippen LogP contribution in [0.25, 0.3) is 10.9 Å². The second-order valence-electron chi connectivity index (χ2n) is 4.56. The molecule has 0 fully saturated rings. The summed E-state index contributed by atoms with van der Waals surface area (Å²) in [6.07, 6.45) is 2.26. The molecule has 0 amide bonds. The molecule has 0 saturated heterocycles. The van der Waals surface area contributed by atoms with E-state index < -0.39 is 0 Å². The van der Waals surface area contributed by atoms with Crippen LogP contribution in [-0.2, 0) is 6.42 Å². The monoisotopic (exact) mass is 302 g/mol. The van der Waals surface area contributed by atoms with Crippen LogP contribution in [0.4, 0.5) is 4.39 Å². The topological polar surface area (TPSA) is 35.0 Å². The molecule has 1 heterocycles. The van der Waals surface area contributed by atoms with E-state index in [1.165, 1.54) is 6.07 Å². The Labute approximate surface area is 126 Å². The molecule has 0 aliphatic heterocycles. The van der Waals surface area contributed by atoms with Crippen LogP contribution in [0.15, 0.2) is 48.7 Å². The SMILES string of the molecule is Fc1cccc2cnc(OCCc3ccc(Cl)cc3)nc12. The number of fused-ring (bicyclic) bond motifs is 1. The first-order valence-electron chi connectivity index (χ1n) is 6.51. The maximum absolute atomic E-state index is 13.6. The van der Waals surface area contributed by atoms with E-state index in [0.717, 1.165) is 5.56 Å². The number of hydrogen-bond acceptors (Lipinski definition) is 3. The summed E-state index contributed by atoms with van der Waals surface area (Å²) in [5.41, 5.74) is 1.38. The molecule has 2 aromatic carbocycles. The predicted molar refractivity (Wildman–Crippen MR) is 80.1 cm³/mol. The van der Waals surface area contributed by atoms with Crippen molar-refractivity contribution in [1.29, 1.82) is 0 Å². The van der Waals surface area contributed by atoms with Gasteiger partial charge in [-0.25, -0.2) is 9.37 Å². The molecule has 0 spiro atoms. The zero-order valence-corrected chi connectivity index (χ0v) is 11.8. The van der Waals surface area contributed by atoms with Crippen molar-refractivity contribution in [3.8, 4) is 6.01 Å². The normalized spacial score (nSPS) is 10.8. The lowest BCUT2D eigenvalue weighted by atomic mass is 10.2. The van der Waals surface area contributed by atoms with Crippen LogP contribution in [0.1, 0.15) is 5.56 Å². The molecule has 5 heteroatoms. The molecule has 0 aliphatic rings. The Morgan fingerprint density at radius 2 is 1.90 bits per heavy atom. The van der Waals surface area contributed by atoms with Crippen LogP contribution >= 0.6 is 11.6 Å². The van der Waals surface area contributed by atoms with Gasteiger partial charge in [-0.1, -0.05) is 35.9 Å². The highest BCUT2D eigenvalue weighted by atomic mass is 35.5. The van der Waals surface area contributed by atoms with Gasteiger partial charge < -0.3 is 4.74 Å². The Bertz CT molecular complexity index is 762. The third-order valence-electron chi connectivity index (χ3n) is 3.07. The fourth-order valence-corrected chi connectivity index (χ4v) is 2.11. The molecule has 0 radical (unpaired) electrons. The van der Waals surface area contributed by atoms with Crippen molar-refractivity contribution in [2.24, 2.45) is 0 Å². The minimum atomic E-state index is -0.377. The van der Waals surface area contributed by atoms with E-state index >= 15 is 0 Å². The van der Waals surface area contributed by atoms with Crippen molar-refractivity contribution in [1.82, 2.24) is 9.97 Å². The number of ether oxygens (including phenoxy) is 1. The Morgan fingerprint density at radius 3 is 2.71 bits per heavy atom. The maximum atomic E-state index is 13.6. The molecule has 106 valence electrons. The highest BCUT2D eigenvalue weighted by Gasteiger charge is 2.05. The van der Waals surface area contributed by atoms with E-state index in [1.807, 2.05) is 24.3 Å². The van der Waals surface area contributed by atoms with Crippen molar-refractivity contribution < 1.29 is 9.13 Å². The summed E-state index contributed by atoms with van der Waals surface area (Å²) in [4.78, 5) is 8.16. The summed E-state index contributed by atoms with van der Waals surface area (Å²) < 4.78 is 19.1. The van der Waals surface area contributed by atoms with Gasteiger partial charge in [-0.2, -0.15) is 4.98 Å². The van der Waals surface area contributed by atoms with E-state index in [2.05, 4.69) is 9.97 Å². The minimum Gasteiger partial charge on any atom is -0.463 e. The number of benzene rings is 2. The predicted octanol–water partition coefficient (Wildman–Crippen LogP) is 4.04. The van der Waals surface area contributed by atoms with Gasteiger partial charge in [0, 0.05) is 23.0 Å². The van der Waals surface area contributed by atoms with Gasteiger partial charge in [-0.15, -0.1) is 0 Å². The summed E-state index contributed by atoms with van der Waals surface area (Å²) in [6.45, 7) is 0.418. The third kappa shape index (κ3) is 3.28. The number of para-hydroxylation sites is 1. The smallest absolute Gasteiger partial charge is 0.317 e. The quantitative estimate of drug-likeness (QED) is 0.729. The molecule has 0 atom stereocenters. The molecular formula is C16H12ClFN2O. The molecule has 1 aromatic heterocycles. The number of hydrogen-bond donors (Lipinski definition) is 0. The van der Waals surface area contributed by atoms with Gasteiger partial charge in [0.15, 0.2) is 0 Å². The van der Waals surface area contributed by atoms with E-state index in [9.17, 15) is 4.39 Å². The van der Waals surface area contributed by atoms with Crippen molar-refractivity contribution in [2.45, 2.75) is 6.42 Å². The highest BCUT2D eigenvalue weighted by Crippen LogP contribution is 2.17. The fourth-order valence-electron chi connectivity index (χ4n) is 1.98. The Balaban J connectivity index is 1.68. The van der Waals surface area contributed by atoms with E-state index in [4.69, 9.17) is 16.3 Å². The van der Waals surface area contributed by atoms with Gasteiger partial charge in [0.2, 0.25) is 0 Å². The van der Waals surface area contributed by atoms with Crippen LogP contribution in [0.3, 0.4) is 0 Å². The summed E-state index contributed by atoms with van der Waals surface area (Å²) in [6, 6.07) is 12.5. The first kappa shape index (κ1) is 13.8. The molecule has 0 unspecified atom stereocenters. The number of nitrogens with zero attached hydrogens (tertiary/aromatic N) is 2. The third-order valence-corrected chi connectivity index (χ3v) is 3.33. The summed E-state index contributed by atoms with van der Waals surface area (Å²) >= 11 is 5.83. The van der Waals surface area contributed by atoms with Gasteiger partial charge in [-0.05, 0) is 23.8 Å². The van der Waals surface area contributed by atoms with Gasteiger partial charge in [0.05, 0.1) is 6.61 Å². The number of rotatable bonds is 4. The summed E-state index contributed by atoms with van der Waals surface area (Å²) in [7, 11) is 0. The second kappa shape index (κ2) is 6.06. The van der Waals surface area contributed by atoms with Crippen LogP contribution < -0.4 is 4.74 Å². The van der Waals surface area contributed by atoms with Crippen LogP contribution in [0.5, 0.6) is 6.01 Å². The van der Waals surface area contributed by atoms with Crippen LogP contribution in [-0.4, -0.2) is 16.6 Å².